The summed E-state index contributed by atoms with van der Waals surface area (Å²) in [6, 6.07) is 2.33. The highest BCUT2D eigenvalue weighted by atomic mass is 19.4. The Morgan fingerprint density at radius 1 is 1.27 bits per heavy atom. The number of hydrogen-bond acceptors (Lipinski definition) is 6. The number of hydrogen-bond donors (Lipinski definition) is 0. The Bertz CT molecular complexity index is 716. The van der Waals surface area contributed by atoms with Gasteiger partial charge in [-0.3, -0.25) is 0 Å². The van der Waals surface area contributed by atoms with E-state index in [1.165, 1.54) is 31.4 Å². The number of carbonyl (C=O) groups excluding carboxylic acids is 2. The maximum Gasteiger partial charge on any atom is 0.411 e. The number of benzene rings is 1. The molecule has 3 rings (SSSR count). The molecule has 2 heterocycles. The van der Waals surface area contributed by atoms with Gasteiger partial charge in [-0.25, -0.2) is 9.59 Å². The molecule has 9 heteroatoms. The summed E-state index contributed by atoms with van der Waals surface area (Å²) < 4.78 is 54.9. The smallest absolute Gasteiger partial charge is 0.411 e. The molecule has 142 valence electrons. The molecule has 2 fully saturated rings. The van der Waals surface area contributed by atoms with Gasteiger partial charge in [0.1, 0.15) is 12.4 Å². The van der Waals surface area contributed by atoms with Crippen molar-refractivity contribution < 1.29 is 37.0 Å². The molecule has 0 saturated carbocycles. The van der Waals surface area contributed by atoms with E-state index >= 15 is 0 Å². The lowest BCUT2D eigenvalue weighted by atomic mass is 9.90. The van der Waals surface area contributed by atoms with Crippen molar-refractivity contribution in [1.29, 1.82) is 0 Å². The van der Waals surface area contributed by atoms with E-state index in [-0.39, 0.29) is 12.3 Å². The van der Waals surface area contributed by atoms with Crippen LogP contribution in [-0.2, 0) is 19.1 Å². The van der Waals surface area contributed by atoms with E-state index in [2.05, 4.69) is 0 Å². The van der Waals surface area contributed by atoms with Crippen LogP contribution in [0.25, 0.3) is 0 Å². The molecule has 2 aliphatic heterocycles. The fourth-order valence-electron chi connectivity index (χ4n) is 3.01. The summed E-state index contributed by atoms with van der Waals surface area (Å²) in [6.45, 7) is 3.33. The maximum atomic E-state index is 13.3. The maximum absolute atomic E-state index is 13.3. The summed E-state index contributed by atoms with van der Waals surface area (Å²) in [5.74, 6) is -1.36. The van der Waals surface area contributed by atoms with Gasteiger partial charge in [0, 0.05) is 11.1 Å². The molecule has 6 nitrogen and oxygen atoms in total. The van der Waals surface area contributed by atoms with Crippen molar-refractivity contribution >= 4 is 17.6 Å². The monoisotopic (exact) mass is 373 g/mol. The highest BCUT2D eigenvalue weighted by molar-refractivity contribution is 5.91. The summed E-state index contributed by atoms with van der Waals surface area (Å²) in [5, 5.41) is 0. The van der Waals surface area contributed by atoms with Gasteiger partial charge in [-0.15, -0.1) is 0 Å². The average molecular weight is 373 g/mol. The molecule has 1 aromatic rings. The van der Waals surface area contributed by atoms with Crippen molar-refractivity contribution in [1.82, 2.24) is 0 Å². The number of alkyl halides is 3. The summed E-state index contributed by atoms with van der Waals surface area (Å²) >= 11 is 0. The zero-order chi connectivity index (χ0) is 19.3. The van der Waals surface area contributed by atoms with Crippen molar-refractivity contribution in [2.24, 2.45) is 5.41 Å². The number of nitrogens with zero attached hydrogens (tertiary/aromatic N) is 1. The van der Waals surface area contributed by atoms with Crippen LogP contribution in [0.1, 0.15) is 13.8 Å². The Morgan fingerprint density at radius 2 is 1.88 bits per heavy atom. The quantitative estimate of drug-likeness (QED) is 0.596. The minimum Gasteiger partial charge on any atom is -0.497 e. The molecule has 0 N–H and O–H groups in total. The van der Waals surface area contributed by atoms with Gasteiger partial charge in [0.25, 0.3) is 0 Å². The topological polar surface area (TPSA) is 64.8 Å². The second kappa shape index (κ2) is 6.07. The van der Waals surface area contributed by atoms with Gasteiger partial charge in [0.05, 0.1) is 7.11 Å². The van der Waals surface area contributed by atoms with Crippen molar-refractivity contribution in [3.63, 3.8) is 0 Å². The standard InChI is InChI=1S/C17H18F3NO5/c1-16(2)8-25-15(23)13(16)26-14(22)11-12(17(18,19)20)21(11)9-4-6-10(24-3)7-5-9/h4-7,11-13H,8H2,1-3H3/t11-,12+,13+,21?/m1/s1. The van der Waals surface area contributed by atoms with E-state index in [1.54, 1.807) is 13.8 Å². The van der Waals surface area contributed by atoms with E-state index in [0.717, 1.165) is 4.90 Å². The van der Waals surface area contributed by atoms with Crippen molar-refractivity contribution in [2.75, 3.05) is 18.6 Å². The molecule has 1 aromatic carbocycles. The fraction of sp³-hybridized carbons (Fsp3) is 0.529. The van der Waals surface area contributed by atoms with E-state index in [1.807, 2.05) is 0 Å². The third-order valence-corrected chi connectivity index (χ3v) is 4.50. The van der Waals surface area contributed by atoms with Gasteiger partial charge in [0.2, 0.25) is 6.10 Å². The van der Waals surface area contributed by atoms with Gasteiger partial charge in [-0.2, -0.15) is 13.2 Å². The molecule has 26 heavy (non-hydrogen) atoms. The first-order valence-electron chi connectivity index (χ1n) is 7.92. The molecular formula is C17H18F3NO5. The SMILES string of the molecule is COc1ccc(N2[C@H](C(F)(F)F)[C@@H]2C(=O)O[C@H]2C(=O)OCC2(C)C)cc1. The minimum atomic E-state index is -4.62. The average Bonchev–Trinajstić information content (AvgIpc) is 3.28. The summed E-state index contributed by atoms with van der Waals surface area (Å²) in [6.07, 6.45) is -5.84. The van der Waals surface area contributed by atoms with Crippen molar-refractivity contribution in [3.8, 4) is 5.75 Å². The number of esters is 2. The van der Waals surface area contributed by atoms with Gasteiger partial charge >= 0.3 is 18.1 Å². The molecule has 0 unspecified atom stereocenters. The van der Waals surface area contributed by atoms with Gasteiger partial charge in [0.15, 0.2) is 12.1 Å². The highest BCUT2D eigenvalue weighted by Gasteiger charge is 2.67. The zero-order valence-electron chi connectivity index (χ0n) is 14.4. The predicted octanol–water partition coefficient (Wildman–Crippen LogP) is 2.31. The minimum absolute atomic E-state index is 0.0410. The van der Waals surface area contributed by atoms with E-state index in [0.29, 0.717) is 5.75 Å². The number of carbonyl (C=O) groups is 2. The number of cyclic esters (lactones) is 1. The van der Waals surface area contributed by atoms with Crippen LogP contribution < -0.4 is 9.64 Å². The molecule has 0 aromatic heterocycles. The molecule has 0 aliphatic carbocycles. The van der Waals surface area contributed by atoms with Crippen LogP contribution in [-0.4, -0.2) is 50.0 Å². The largest absolute Gasteiger partial charge is 0.497 e. The first kappa shape index (κ1) is 18.3. The van der Waals surface area contributed by atoms with Crippen molar-refractivity contribution in [2.45, 2.75) is 38.2 Å². The van der Waals surface area contributed by atoms with Crippen molar-refractivity contribution in [3.05, 3.63) is 24.3 Å². The van der Waals surface area contributed by atoms with Crippen LogP contribution in [0.2, 0.25) is 0 Å². The molecule has 3 atom stereocenters. The summed E-state index contributed by atoms with van der Waals surface area (Å²) in [4.78, 5) is 25.0. The summed E-state index contributed by atoms with van der Waals surface area (Å²) in [5.41, 5.74) is -0.580. The number of halogens is 3. The number of anilines is 1. The molecule has 0 bridgehead atoms. The Hall–Kier alpha value is -2.45. The van der Waals surface area contributed by atoms with Crippen LogP contribution in [0.3, 0.4) is 0 Å². The van der Waals surface area contributed by atoms with Crippen LogP contribution in [0.4, 0.5) is 18.9 Å². The van der Waals surface area contributed by atoms with E-state index < -0.39 is 41.7 Å². The fourth-order valence-corrected chi connectivity index (χ4v) is 3.01. The second-order valence-electron chi connectivity index (χ2n) is 6.95. The molecular weight excluding hydrogens is 355 g/mol. The third kappa shape index (κ3) is 3.17. The zero-order valence-corrected chi connectivity index (χ0v) is 14.4. The lowest BCUT2D eigenvalue weighted by Crippen LogP contribution is -2.37. The molecule has 0 radical (unpaired) electrons. The Morgan fingerprint density at radius 3 is 2.35 bits per heavy atom. The van der Waals surface area contributed by atoms with Crippen LogP contribution >= 0.6 is 0 Å². The Labute approximate surface area is 147 Å². The lowest BCUT2D eigenvalue weighted by molar-refractivity contribution is -0.164. The molecule has 2 saturated heterocycles. The first-order chi connectivity index (χ1) is 12.1. The van der Waals surface area contributed by atoms with Gasteiger partial charge in [-0.05, 0) is 24.3 Å². The predicted molar refractivity (Wildman–Crippen MR) is 83.7 cm³/mol. The van der Waals surface area contributed by atoms with Crippen LogP contribution in [0.15, 0.2) is 24.3 Å². The van der Waals surface area contributed by atoms with Crippen LogP contribution in [0, 0.1) is 5.41 Å². The number of rotatable bonds is 4. The normalized spacial score (nSPS) is 27.1. The highest BCUT2D eigenvalue weighted by Crippen LogP contribution is 2.46. The van der Waals surface area contributed by atoms with E-state index in [4.69, 9.17) is 14.2 Å². The first-order valence-corrected chi connectivity index (χ1v) is 7.92. The number of methoxy groups -OCH3 is 1. The van der Waals surface area contributed by atoms with E-state index in [9.17, 15) is 22.8 Å². The van der Waals surface area contributed by atoms with Gasteiger partial charge < -0.3 is 19.1 Å². The molecule has 0 amide bonds. The van der Waals surface area contributed by atoms with Crippen LogP contribution in [0.5, 0.6) is 5.75 Å². The molecule has 0 spiro atoms. The van der Waals surface area contributed by atoms with Gasteiger partial charge in [-0.1, -0.05) is 13.8 Å². The number of ether oxygens (including phenoxy) is 3. The Kier molecular flexibility index (Phi) is 4.28. The third-order valence-electron chi connectivity index (χ3n) is 4.50. The Balaban J connectivity index is 1.80. The summed E-state index contributed by atoms with van der Waals surface area (Å²) in [7, 11) is 1.44. The lowest BCUT2D eigenvalue weighted by Gasteiger charge is -2.21. The molecule has 2 aliphatic rings. The second-order valence-corrected chi connectivity index (χ2v) is 6.95.